The number of ether oxygens (including phenoxy) is 1. The Morgan fingerprint density at radius 2 is 1.78 bits per heavy atom. The molecule has 0 bridgehead atoms. The number of hydrogen-bond acceptors (Lipinski definition) is 4. The van der Waals surface area contributed by atoms with Crippen LogP contribution in [0.25, 0.3) is 5.69 Å². The SMILES string of the molecule is COc1ccc(NC(=O)c2ccc(-n3cc(CNC(C)=O)cn3)cc2)cc1. The van der Waals surface area contributed by atoms with Crippen LogP contribution in [0.4, 0.5) is 5.69 Å². The Labute approximate surface area is 157 Å². The second-order valence-corrected chi connectivity index (χ2v) is 5.93. The molecule has 3 rings (SSSR count). The summed E-state index contributed by atoms with van der Waals surface area (Å²) < 4.78 is 6.80. The molecule has 0 aliphatic rings. The molecule has 0 atom stereocenters. The van der Waals surface area contributed by atoms with Crippen molar-refractivity contribution in [1.82, 2.24) is 15.1 Å². The highest BCUT2D eigenvalue weighted by atomic mass is 16.5. The van der Waals surface area contributed by atoms with Gasteiger partial charge in [0.05, 0.1) is 19.0 Å². The lowest BCUT2D eigenvalue weighted by Gasteiger charge is -2.07. The molecule has 0 saturated heterocycles. The van der Waals surface area contributed by atoms with Gasteiger partial charge in [-0.3, -0.25) is 9.59 Å². The van der Waals surface area contributed by atoms with Crippen molar-refractivity contribution in [1.29, 1.82) is 0 Å². The maximum atomic E-state index is 12.4. The summed E-state index contributed by atoms with van der Waals surface area (Å²) in [4.78, 5) is 23.3. The predicted molar refractivity (Wildman–Crippen MR) is 102 cm³/mol. The summed E-state index contributed by atoms with van der Waals surface area (Å²) in [5.74, 6) is 0.447. The fourth-order valence-electron chi connectivity index (χ4n) is 2.46. The molecule has 0 aliphatic carbocycles. The lowest BCUT2D eigenvalue weighted by atomic mass is 10.2. The number of methoxy groups -OCH3 is 1. The van der Waals surface area contributed by atoms with Gasteiger partial charge in [0.25, 0.3) is 5.91 Å². The molecule has 138 valence electrons. The van der Waals surface area contributed by atoms with Crippen molar-refractivity contribution in [2.24, 2.45) is 0 Å². The third-order valence-corrected chi connectivity index (χ3v) is 3.92. The lowest BCUT2D eigenvalue weighted by Crippen LogP contribution is -2.18. The maximum Gasteiger partial charge on any atom is 0.255 e. The van der Waals surface area contributed by atoms with Crippen LogP contribution in [-0.4, -0.2) is 28.7 Å². The molecule has 0 radical (unpaired) electrons. The van der Waals surface area contributed by atoms with Gasteiger partial charge >= 0.3 is 0 Å². The number of nitrogens with zero attached hydrogens (tertiary/aromatic N) is 2. The van der Waals surface area contributed by atoms with Crippen LogP contribution in [0, 0.1) is 0 Å². The van der Waals surface area contributed by atoms with Crippen molar-refractivity contribution in [2.45, 2.75) is 13.5 Å². The molecule has 0 aliphatic heterocycles. The van der Waals surface area contributed by atoms with Gasteiger partial charge in [-0.05, 0) is 48.5 Å². The third-order valence-electron chi connectivity index (χ3n) is 3.92. The van der Waals surface area contributed by atoms with E-state index in [2.05, 4.69) is 15.7 Å². The molecular formula is C20H20N4O3. The van der Waals surface area contributed by atoms with Crippen LogP contribution in [0.2, 0.25) is 0 Å². The van der Waals surface area contributed by atoms with Crippen LogP contribution < -0.4 is 15.4 Å². The largest absolute Gasteiger partial charge is 0.497 e. The Hall–Kier alpha value is -3.61. The molecule has 7 nitrogen and oxygen atoms in total. The van der Waals surface area contributed by atoms with Gasteiger partial charge in [0.15, 0.2) is 0 Å². The minimum atomic E-state index is -0.196. The molecule has 2 aromatic carbocycles. The standard InChI is InChI=1S/C20H20N4O3/c1-14(25)21-11-15-12-22-24(13-15)18-7-3-16(4-8-18)20(26)23-17-5-9-19(27-2)10-6-17/h3-10,12-13H,11H2,1-2H3,(H,21,25)(H,23,26). The van der Waals surface area contributed by atoms with Crippen molar-refractivity contribution in [2.75, 3.05) is 12.4 Å². The van der Waals surface area contributed by atoms with Crippen molar-refractivity contribution in [3.05, 3.63) is 72.1 Å². The molecule has 0 fully saturated rings. The Bertz CT molecular complexity index is 931. The van der Waals surface area contributed by atoms with Gasteiger partial charge in [0.1, 0.15) is 5.75 Å². The van der Waals surface area contributed by atoms with E-state index < -0.39 is 0 Å². The summed E-state index contributed by atoms with van der Waals surface area (Å²) in [5.41, 5.74) is 2.95. The average molecular weight is 364 g/mol. The number of anilines is 1. The van der Waals surface area contributed by atoms with E-state index >= 15 is 0 Å². The van der Waals surface area contributed by atoms with E-state index in [1.807, 2.05) is 18.3 Å². The highest BCUT2D eigenvalue weighted by molar-refractivity contribution is 6.04. The smallest absolute Gasteiger partial charge is 0.255 e. The van der Waals surface area contributed by atoms with Crippen LogP contribution >= 0.6 is 0 Å². The van der Waals surface area contributed by atoms with E-state index in [1.165, 1.54) is 6.92 Å². The first kappa shape index (κ1) is 18.2. The molecule has 3 aromatic rings. The fourth-order valence-corrected chi connectivity index (χ4v) is 2.46. The van der Waals surface area contributed by atoms with Crippen LogP contribution in [0.1, 0.15) is 22.8 Å². The molecule has 1 aromatic heterocycles. The molecule has 2 N–H and O–H groups in total. The molecule has 2 amide bonds. The summed E-state index contributed by atoms with van der Waals surface area (Å²) in [6, 6.07) is 14.3. The zero-order chi connectivity index (χ0) is 19.2. The third kappa shape index (κ3) is 4.72. The summed E-state index contributed by atoms with van der Waals surface area (Å²) in [6.07, 6.45) is 3.53. The van der Waals surface area contributed by atoms with Gasteiger partial charge < -0.3 is 15.4 Å². The van der Waals surface area contributed by atoms with Crippen molar-refractivity contribution in [3.63, 3.8) is 0 Å². The molecule has 0 spiro atoms. The Kier molecular flexibility index (Phi) is 5.51. The van der Waals surface area contributed by atoms with E-state index in [-0.39, 0.29) is 11.8 Å². The zero-order valence-corrected chi connectivity index (χ0v) is 15.1. The Morgan fingerprint density at radius 3 is 2.41 bits per heavy atom. The second-order valence-electron chi connectivity index (χ2n) is 5.93. The van der Waals surface area contributed by atoms with Gasteiger partial charge in [-0.15, -0.1) is 0 Å². The maximum absolute atomic E-state index is 12.4. The highest BCUT2D eigenvalue weighted by Crippen LogP contribution is 2.16. The van der Waals surface area contributed by atoms with Crippen LogP contribution in [0.3, 0.4) is 0 Å². The number of aromatic nitrogens is 2. The number of rotatable bonds is 6. The Morgan fingerprint density at radius 1 is 1.07 bits per heavy atom. The van der Waals surface area contributed by atoms with Gasteiger partial charge in [-0.2, -0.15) is 5.10 Å². The first-order chi connectivity index (χ1) is 13.0. The molecule has 1 heterocycles. The van der Waals surface area contributed by atoms with Gasteiger partial charge in [-0.25, -0.2) is 4.68 Å². The molecular weight excluding hydrogens is 344 g/mol. The number of hydrogen-bond donors (Lipinski definition) is 2. The number of benzene rings is 2. The zero-order valence-electron chi connectivity index (χ0n) is 15.1. The number of amides is 2. The quantitative estimate of drug-likeness (QED) is 0.704. The number of carbonyl (C=O) groups excluding carboxylic acids is 2. The highest BCUT2D eigenvalue weighted by Gasteiger charge is 2.08. The monoisotopic (exact) mass is 364 g/mol. The average Bonchev–Trinajstić information content (AvgIpc) is 3.16. The van der Waals surface area contributed by atoms with E-state index in [4.69, 9.17) is 4.74 Å². The van der Waals surface area contributed by atoms with E-state index in [0.717, 1.165) is 17.0 Å². The fraction of sp³-hybridized carbons (Fsp3) is 0.150. The van der Waals surface area contributed by atoms with Gasteiger partial charge in [0, 0.05) is 36.5 Å². The van der Waals surface area contributed by atoms with E-state index in [0.29, 0.717) is 17.8 Å². The Balaban J connectivity index is 1.65. The summed E-state index contributed by atoms with van der Waals surface area (Å²) in [6.45, 7) is 1.90. The topological polar surface area (TPSA) is 85.2 Å². The van der Waals surface area contributed by atoms with Crippen LogP contribution in [0.15, 0.2) is 60.9 Å². The minimum Gasteiger partial charge on any atom is -0.497 e. The summed E-state index contributed by atoms with van der Waals surface area (Å²) in [7, 11) is 1.59. The van der Waals surface area contributed by atoms with Crippen molar-refractivity contribution < 1.29 is 14.3 Å². The minimum absolute atomic E-state index is 0.0880. The molecule has 0 saturated carbocycles. The molecule has 27 heavy (non-hydrogen) atoms. The molecule has 0 unspecified atom stereocenters. The predicted octanol–water partition coefficient (Wildman–Crippen LogP) is 2.77. The lowest BCUT2D eigenvalue weighted by molar-refractivity contribution is -0.119. The normalized spacial score (nSPS) is 10.3. The summed E-state index contributed by atoms with van der Waals surface area (Å²) in [5, 5.41) is 9.85. The van der Waals surface area contributed by atoms with Crippen LogP contribution in [-0.2, 0) is 11.3 Å². The summed E-state index contributed by atoms with van der Waals surface area (Å²) >= 11 is 0. The van der Waals surface area contributed by atoms with Gasteiger partial charge in [0.2, 0.25) is 5.91 Å². The van der Waals surface area contributed by atoms with Crippen LogP contribution in [0.5, 0.6) is 5.75 Å². The van der Waals surface area contributed by atoms with E-state index in [1.54, 1.807) is 54.4 Å². The second kappa shape index (κ2) is 8.18. The van der Waals surface area contributed by atoms with E-state index in [9.17, 15) is 9.59 Å². The first-order valence-electron chi connectivity index (χ1n) is 8.39. The molecule has 7 heteroatoms. The number of carbonyl (C=O) groups is 2. The van der Waals surface area contributed by atoms with Crippen molar-refractivity contribution >= 4 is 17.5 Å². The van der Waals surface area contributed by atoms with Gasteiger partial charge in [-0.1, -0.05) is 0 Å². The van der Waals surface area contributed by atoms with Crippen molar-refractivity contribution in [3.8, 4) is 11.4 Å². The number of nitrogens with one attached hydrogen (secondary N) is 2. The first-order valence-corrected chi connectivity index (χ1v) is 8.39.